The number of carbonyl (C=O) groups is 2. The van der Waals surface area contributed by atoms with Gasteiger partial charge in [0, 0.05) is 5.56 Å². The van der Waals surface area contributed by atoms with Crippen LogP contribution in [-0.4, -0.2) is 22.0 Å². The predicted molar refractivity (Wildman–Crippen MR) is 70.3 cm³/mol. The van der Waals surface area contributed by atoms with Gasteiger partial charge in [-0.2, -0.15) is 0 Å². The largest absolute Gasteiger partial charge is 0.477 e. The number of carboxylic acids is 1. The minimum Gasteiger partial charge on any atom is -0.477 e. The van der Waals surface area contributed by atoms with Crippen molar-refractivity contribution in [2.75, 3.05) is 5.32 Å². The fraction of sp³-hybridized carbons (Fsp3) is 0.0714. The second-order valence-corrected chi connectivity index (χ2v) is 4.16. The molecule has 0 aliphatic heterocycles. The molecule has 0 atom stereocenters. The maximum absolute atomic E-state index is 13.4. The van der Waals surface area contributed by atoms with Gasteiger partial charge in [0.2, 0.25) is 0 Å². The first kappa shape index (κ1) is 13.7. The summed E-state index contributed by atoms with van der Waals surface area (Å²) in [6.07, 6.45) is 1.23. The van der Waals surface area contributed by atoms with Crippen molar-refractivity contribution in [2.24, 2.45) is 0 Å². The molecular formula is C14H11FN2O3. The number of benzene rings is 1. The molecule has 5 nitrogen and oxygen atoms in total. The fourth-order valence-electron chi connectivity index (χ4n) is 1.53. The number of nitrogens with one attached hydrogen (secondary N) is 1. The molecular weight excluding hydrogens is 263 g/mol. The normalized spacial score (nSPS) is 10.1. The van der Waals surface area contributed by atoms with Crippen LogP contribution in [0.25, 0.3) is 0 Å². The number of halogens is 1. The number of amides is 1. The first-order chi connectivity index (χ1) is 9.47. The molecule has 0 spiro atoms. The molecule has 1 aromatic heterocycles. The monoisotopic (exact) mass is 274 g/mol. The zero-order chi connectivity index (χ0) is 14.7. The van der Waals surface area contributed by atoms with Crippen LogP contribution in [0.15, 0.2) is 36.5 Å². The van der Waals surface area contributed by atoms with Crippen molar-refractivity contribution in [2.45, 2.75) is 6.92 Å². The van der Waals surface area contributed by atoms with Gasteiger partial charge in [-0.25, -0.2) is 14.2 Å². The van der Waals surface area contributed by atoms with E-state index in [0.717, 1.165) is 6.07 Å². The van der Waals surface area contributed by atoms with Crippen LogP contribution in [0.4, 0.5) is 10.1 Å². The third-order valence-electron chi connectivity index (χ3n) is 2.67. The summed E-state index contributed by atoms with van der Waals surface area (Å²) in [5.41, 5.74) is 0.842. The summed E-state index contributed by atoms with van der Waals surface area (Å²) in [6.45, 7) is 1.60. The summed E-state index contributed by atoms with van der Waals surface area (Å²) in [5.74, 6) is -2.10. The number of hydrogen-bond donors (Lipinski definition) is 2. The third-order valence-corrected chi connectivity index (χ3v) is 2.67. The quantitative estimate of drug-likeness (QED) is 0.901. The maximum atomic E-state index is 13.4. The van der Waals surface area contributed by atoms with Crippen LogP contribution in [-0.2, 0) is 0 Å². The van der Waals surface area contributed by atoms with Crippen LogP contribution in [0.2, 0.25) is 0 Å². The lowest BCUT2D eigenvalue weighted by Crippen LogP contribution is -2.13. The molecule has 6 heteroatoms. The van der Waals surface area contributed by atoms with Gasteiger partial charge in [-0.15, -0.1) is 0 Å². The summed E-state index contributed by atoms with van der Waals surface area (Å²) in [7, 11) is 0. The Morgan fingerprint density at radius 1 is 1.25 bits per heavy atom. The molecule has 102 valence electrons. The molecule has 0 bridgehead atoms. The van der Waals surface area contributed by atoms with Crippen LogP contribution >= 0.6 is 0 Å². The molecule has 0 saturated carbocycles. The van der Waals surface area contributed by atoms with E-state index in [9.17, 15) is 14.0 Å². The molecule has 2 rings (SSSR count). The summed E-state index contributed by atoms with van der Waals surface area (Å²) < 4.78 is 13.4. The number of anilines is 1. The molecule has 0 radical (unpaired) electrons. The Kier molecular flexibility index (Phi) is 3.74. The minimum absolute atomic E-state index is 0.121. The zero-order valence-corrected chi connectivity index (χ0v) is 10.6. The van der Waals surface area contributed by atoms with Crippen LogP contribution in [0.1, 0.15) is 26.4 Å². The van der Waals surface area contributed by atoms with Crippen molar-refractivity contribution < 1.29 is 19.1 Å². The maximum Gasteiger partial charge on any atom is 0.354 e. The second kappa shape index (κ2) is 5.48. The van der Waals surface area contributed by atoms with E-state index in [-0.39, 0.29) is 11.3 Å². The lowest BCUT2D eigenvalue weighted by molar-refractivity contribution is 0.0690. The van der Waals surface area contributed by atoms with Gasteiger partial charge >= 0.3 is 5.97 Å². The van der Waals surface area contributed by atoms with E-state index in [2.05, 4.69) is 10.3 Å². The minimum atomic E-state index is -1.15. The van der Waals surface area contributed by atoms with Crippen molar-refractivity contribution in [3.8, 4) is 0 Å². The van der Waals surface area contributed by atoms with E-state index in [1.165, 1.54) is 30.5 Å². The fourth-order valence-corrected chi connectivity index (χ4v) is 1.53. The molecule has 0 saturated heterocycles. The van der Waals surface area contributed by atoms with Crippen molar-refractivity contribution in [3.05, 3.63) is 59.2 Å². The van der Waals surface area contributed by atoms with Gasteiger partial charge in [-0.3, -0.25) is 4.79 Å². The van der Waals surface area contributed by atoms with Crippen molar-refractivity contribution in [1.82, 2.24) is 4.98 Å². The molecule has 1 amide bonds. The van der Waals surface area contributed by atoms with Crippen LogP contribution < -0.4 is 5.32 Å². The number of aryl methyl sites for hydroxylation is 1. The van der Waals surface area contributed by atoms with Gasteiger partial charge in [-0.05, 0) is 36.8 Å². The van der Waals surface area contributed by atoms with Crippen LogP contribution in [0.5, 0.6) is 0 Å². The Hall–Kier alpha value is -2.76. The number of aromatic carboxylic acids is 1. The molecule has 20 heavy (non-hydrogen) atoms. The Labute approximate surface area is 114 Å². The van der Waals surface area contributed by atoms with E-state index in [0.29, 0.717) is 11.3 Å². The lowest BCUT2D eigenvalue weighted by Gasteiger charge is -2.06. The SMILES string of the molecule is Cc1ccc(C(=O)Nc2ccc(C(=O)O)nc2)cc1F. The molecule has 1 heterocycles. The van der Waals surface area contributed by atoms with Gasteiger partial charge in [0.25, 0.3) is 5.91 Å². The van der Waals surface area contributed by atoms with Crippen molar-refractivity contribution in [1.29, 1.82) is 0 Å². The van der Waals surface area contributed by atoms with E-state index in [1.54, 1.807) is 6.92 Å². The van der Waals surface area contributed by atoms with Gasteiger partial charge in [0.05, 0.1) is 11.9 Å². The number of pyridine rings is 1. The smallest absolute Gasteiger partial charge is 0.354 e. The molecule has 1 aromatic carbocycles. The van der Waals surface area contributed by atoms with Crippen LogP contribution in [0.3, 0.4) is 0 Å². The Balaban J connectivity index is 2.14. The zero-order valence-electron chi connectivity index (χ0n) is 10.6. The molecule has 0 unspecified atom stereocenters. The number of carboxylic acid groups (broad SMARTS) is 1. The first-order valence-electron chi connectivity index (χ1n) is 5.74. The highest BCUT2D eigenvalue weighted by atomic mass is 19.1. The van der Waals surface area contributed by atoms with E-state index < -0.39 is 17.7 Å². The van der Waals surface area contributed by atoms with E-state index in [1.807, 2.05) is 0 Å². The Bertz CT molecular complexity index is 669. The highest BCUT2D eigenvalue weighted by Gasteiger charge is 2.09. The van der Waals surface area contributed by atoms with Gasteiger partial charge in [0.1, 0.15) is 11.5 Å². The highest BCUT2D eigenvalue weighted by molar-refractivity contribution is 6.04. The van der Waals surface area contributed by atoms with E-state index in [4.69, 9.17) is 5.11 Å². The standard InChI is InChI=1S/C14H11FN2O3/c1-8-2-3-9(6-11(8)15)13(18)17-10-4-5-12(14(19)20)16-7-10/h2-7H,1H3,(H,17,18)(H,19,20). The predicted octanol–water partition coefficient (Wildman–Crippen LogP) is 2.48. The average Bonchev–Trinajstić information content (AvgIpc) is 2.42. The Morgan fingerprint density at radius 3 is 2.55 bits per heavy atom. The van der Waals surface area contributed by atoms with E-state index >= 15 is 0 Å². The average molecular weight is 274 g/mol. The molecule has 0 aliphatic rings. The van der Waals surface area contributed by atoms with Crippen LogP contribution in [0, 0.1) is 12.7 Å². The summed E-state index contributed by atoms with van der Waals surface area (Å²) in [4.78, 5) is 26.2. The van der Waals surface area contributed by atoms with Crippen molar-refractivity contribution in [3.63, 3.8) is 0 Å². The molecule has 0 aliphatic carbocycles. The molecule has 0 fully saturated rings. The summed E-state index contributed by atoms with van der Waals surface area (Å²) in [5, 5.41) is 11.2. The van der Waals surface area contributed by atoms with Crippen molar-refractivity contribution >= 4 is 17.6 Å². The topological polar surface area (TPSA) is 79.3 Å². The number of nitrogens with zero attached hydrogens (tertiary/aromatic N) is 1. The lowest BCUT2D eigenvalue weighted by atomic mass is 10.1. The first-order valence-corrected chi connectivity index (χ1v) is 5.74. The number of hydrogen-bond acceptors (Lipinski definition) is 3. The third kappa shape index (κ3) is 2.97. The molecule has 2 N–H and O–H groups in total. The second-order valence-electron chi connectivity index (χ2n) is 4.16. The number of aromatic nitrogens is 1. The Morgan fingerprint density at radius 2 is 2.00 bits per heavy atom. The molecule has 2 aromatic rings. The summed E-state index contributed by atoms with van der Waals surface area (Å²) in [6, 6.07) is 6.85. The van der Waals surface area contributed by atoms with Gasteiger partial charge < -0.3 is 10.4 Å². The summed E-state index contributed by atoms with van der Waals surface area (Å²) >= 11 is 0. The number of carbonyl (C=O) groups excluding carboxylic acids is 1. The van der Waals surface area contributed by atoms with Gasteiger partial charge in [0.15, 0.2) is 0 Å². The highest BCUT2D eigenvalue weighted by Crippen LogP contribution is 2.12. The number of rotatable bonds is 3. The van der Waals surface area contributed by atoms with Gasteiger partial charge in [-0.1, -0.05) is 6.07 Å².